The highest BCUT2D eigenvalue weighted by molar-refractivity contribution is 6.31. The fraction of sp³-hybridized carbons (Fsp3) is 0.333. The lowest BCUT2D eigenvalue weighted by atomic mass is 9.72. The van der Waals surface area contributed by atoms with Gasteiger partial charge in [0.25, 0.3) is 0 Å². The lowest BCUT2D eigenvalue weighted by molar-refractivity contribution is -0.00431. The highest BCUT2D eigenvalue weighted by atomic mass is 35.5. The minimum atomic E-state index is -1.06. The van der Waals surface area contributed by atoms with Crippen LogP contribution >= 0.6 is 23.2 Å². The topological polar surface area (TPSA) is 80.4 Å². The Morgan fingerprint density at radius 1 is 1.10 bits per heavy atom. The van der Waals surface area contributed by atoms with E-state index in [0.717, 1.165) is 0 Å². The van der Waals surface area contributed by atoms with E-state index in [1.165, 1.54) is 6.33 Å². The van der Waals surface area contributed by atoms with Gasteiger partial charge in [-0.25, -0.2) is 4.98 Å². The Morgan fingerprint density at radius 2 is 1.79 bits per heavy atom. The molecule has 0 saturated heterocycles. The second-order valence-electron chi connectivity index (χ2n) is 7.29. The third kappa shape index (κ3) is 4.73. The summed E-state index contributed by atoms with van der Waals surface area (Å²) < 4.78 is 7.41. The van der Waals surface area contributed by atoms with Crippen molar-refractivity contribution >= 4 is 23.2 Å². The van der Waals surface area contributed by atoms with Crippen molar-refractivity contribution in [2.24, 2.45) is 5.92 Å². The summed E-state index contributed by atoms with van der Waals surface area (Å²) in [6.07, 6.45) is 2.09. The molecule has 6 nitrogen and oxygen atoms in total. The van der Waals surface area contributed by atoms with Gasteiger partial charge in [-0.1, -0.05) is 43.1 Å². The molecule has 2 aromatic carbocycles. The number of ether oxygens (including phenoxy) is 1. The van der Waals surface area contributed by atoms with Crippen molar-refractivity contribution in [2.45, 2.75) is 31.9 Å². The van der Waals surface area contributed by atoms with Crippen molar-refractivity contribution < 1.29 is 14.9 Å². The number of hydrogen-bond donors (Lipinski definition) is 2. The maximum atomic E-state index is 11.0. The molecule has 3 rings (SSSR count). The molecule has 0 bridgehead atoms. The van der Waals surface area contributed by atoms with E-state index in [1.54, 1.807) is 53.5 Å². The zero-order valence-corrected chi connectivity index (χ0v) is 17.7. The van der Waals surface area contributed by atoms with E-state index < -0.39 is 11.5 Å². The summed E-state index contributed by atoms with van der Waals surface area (Å²) in [5.41, 5.74) is -0.445. The zero-order valence-electron chi connectivity index (χ0n) is 16.2. The van der Waals surface area contributed by atoms with Crippen LogP contribution in [0.4, 0.5) is 0 Å². The van der Waals surface area contributed by atoms with Gasteiger partial charge in [-0.05, 0) is 47.9 Å². The van der Waals surface area contributed by atoms with Gasteiger partial charge in [0.05, 0.1) is 24.7 Å². The average Bonchev–Trinajstić information content (AvgIpc) is 3.21. The largest absolute Gasteiger partial charge is 0.457 e. The number of rotatable bonds is 8. The summed E-state index contributed by atoms with van der Waals surface area (Å²) in [5, 5.41) is 26.5. The fourth-order valence-corrected chi connectivity index (χ4v) is 3.89. The van der Waals surface area contributed by atoms with Crippen LogP contribution < -0.4 is 4.74 Å². The van der Waals surface area contributed by atoms with Gasteiger partial charge >= 0.3 is 0 Å². The Kier molecular flexibility index (Phi) is 6.80. The number of aromatic nitrogens is 3. The maximum absolute atomic E-state index is 11.0. The normalized spacial score (nSPS) is 14.6. The fourth-order valence-electron chi connectivity index (χ4n) is 3.41. The number of aliphatic hydroxyl groups is 2. The third-order valence-corrected chi connectivity index (χ3v) is 5.48. The van der Waals surface area contributed by atoms with Crippen LogP contribution in [-0.2, 0) is 12.0 Å². The zero-order chi connectivity index (χ0) is 21.0. The van der Waals surface area contributed by atoms with Gasteiger partial charge in [-0.3, -0.25) is 4.68 Å². The quantitative estimate of drug-likeness (QED) is 0.550. The minimum Gasteiger partial charge on any atom is -0.457 e. The molecule has 0 radical (unpaired) electrons. The number of hydrogen-bond acceptors (Lipinski definition) is 5. The first kappa shape index (κ1) is 21.6. The molecule has 154 valence electrons. The lowest BCUT2D eigenvalue weighted by Gasteiger charge is -2.39. The van der Waals surface area contributed by atoms with Gasteiger partial charge in [-0.15, -0.1) is 0 Å². The molecular weight excluding hydrogens is 413 g/mol. The van der Waals surface area contributed by atoms with Gasteiger partial charge in [0.1, 0.15) is 24.2 Å². The van der Waals surface area contributed by atoms with Crippen LogP contribution in [0.25, 0.3) is 0 Å². The molecular formula is C21H23Cl2N3O3. The number of aliphatic hydroxyl groups excluding tert-OH is 2. The number of halogens is 2. The lowest BCUT2D eigenvalue weighted by Crippen LogP contribution is -2.49. The number of benzene rings is 2. The summed E-state index contributed by atoms with van der Waals surface area (Å²) in [7, 11) is 0. The van der Waals surface area contributed by atoms with E-state index in [4.69, 9.17) is 27.9 Å². The van der Waals surface area contributed by atoms with E-state index >= 15 is 0 Å². The molecule has 0 aliphatic heterocycles. The smallest absolute Gasteiger partial charge is 0.137 e. The summed E-state index contributed by atoms with van der Waals surface area (Å²) in [5.74, 6) is 1.04. The first-order chi connectivity index (χ1) is 13.9. The van der Waals surface area contributed by atoms with Crippen LogP contribution in [-0.4, -0.2) is 37.7 Å². The molecule has 0 saturated carbocycles. The van der Waals surface area contributed by atoms with Gasteiger partial charge < -0.3 is 14.9 Å². The van der Waals surface area contributed by atoms with E-state index in [1.807, 2.05) is 13.8 Å². The van der Waals surface area contributed by atoms with E-state index in [2.05, 4.69) is 10.1 Å². The second kappa shape index (κ2) is 9.13. The van der Waals surface area contributed by atoms with Crippen molar-refractivity contribution in [3.63, 3.8) is 0 Å². The second-order valence-corrected chi connectivity index (χ2v) is 8.14. The molecule has 0 spiro atoms. The Balaban J connectivity index is 1.97. The van der Waals surface area contributed by atoms with Crippen LogP contribution in [0, 0.1) is 5.92 Å². The Morgan fingerprint density at radius 3 is 2.34 bits per heavy atom. The van der Waals surface area contributed by atoms with Crippen molar-refractivity contribution in [3.8, 4) is 11.5 Å². The monoisotopic (exact) mass is 435 g/mol. The standard InChI is InChI=1S/C21H23Cl2N3O3/c1-14(2)20(28)21(11-27,10-26-13-24-12-25-26)18-8-7-17(9-19(18)23)29-16-5-3-15(22)4-6-16/h3-9,12-14,20,27-28H,10-11H2,1-2H3. The first-order valence-corrected chi connectivity index (χ1v) is 9.96. The molecule has 0 aliphatic carbocycles. The predicted molar refractivity (Wildman–Crippen MR) is 113 cm³/mol. The summed E-state index contributed by atoms with van der Waals surface area (Å²) in [6, 6.07) is 12.2. The van der Waals surface area contributed by atoms with E-state index in [-0.39, 0.29) is 19.1 Å². The molecule has 1 heterocycles. The summed E-state index contributed by atoms with van der Waals surface area (Å²) >= 11 is 12.5. The van der Waals surface area contributed by atoms with E-state index in [9.17, 15) is 10.2 Å². The Bertz CT molecular complexity index is 933. The average molecular weight is 436 g/mol. The highest BCUT2D eigenvalue weighted by Crippen LogP contribution is 2.39. The van der Waals surface area contributed by atoms with Crippen LogP contribution in [0.3, 0.4) is 0 Å². The predicted octanol–water partition coefficient (Wildman–Crippen LogP) is 4.32. The van der Waals surface area contributed by atoms with E-state index in [0.29, 0.717) is 27.1 Å². The Hall–Kier alpha value is -2.12. The summed E-state index contributed by atoms with van der Waals surface area (Å²) in [6.45, 7) is 3.69. The van der Waals surface area contributed by atoms with Crippen molar-refractivity contribution in [3.05, 3.63) is 70.7 Å². The molecule has 1 aromatic heterocycles. The van der Waals surface area contributed by atoms with Gasteiger partial charge in [0.15, 0.2) is 0 Å². The van der Waals surface area contributed by atoms with Gasteiger partial charge in [0, 0.05) is 10.0 Å². The van der Waals surface area contributed by atoms with Crippen LogP contribution in [0.5, 0.6) is 11.5 Å². The molecule has 3 aromatic rings. The van der Waals surface area contributed by atoms with Gasteiger partial charge in [-0.2, -0.15) is 5.10 Å². The molecule has 29 heavy (non-hydrogen) atoms. The molecule has 0 aliphatic rings. The first-order valence-electron chi connectivity index (χ1n) is 9.20. The molecule has 2 unspecified atom stereocenters. The van der Waals surface area contributed by atoms with Crippen molar-refractivity contribution in [2.75, 3.05) is 6.61 Å². The van der Waals surface area contributed by atoms with Crippen molar-refractivity contribution in [1.29, 1.82) is 0 Å². The SMILES string of the molecule is CC(C)C(O)C(CO)(Cn1cncn1)c1ccc(Oc2ccc(Cl)cc2)cc1Cl. The molecule has 2 atom stereocenters. The molecule has 8 heteroatoms. The third-order valence-electron chi connectivity index (χ3n) is 4.92. The molecule has 0 amide bonds. The number of nitrogens with zero attached hydrogens (tertiary/aromatic N) is 3. The highest BCUT2D eigenvalue weighted by Gasteiger charge is 2.43. The summed E-state index contributed by atoms with van der Waals surface area (Å²) in [4.78, 5) is 3.95. The Labute approximate surface area is 179 Å². The maximum Gasteiger partial charge on any atom is 0.137 e. The van der Waals surface area contributed by atoms with Crippen LogP contribution in [0.1, 0.15) is 19.4 Å². The minimum absolute atomic E-state index is 0.119. The van der Waals surface area contributed by atoms with Crippen LogP contribution in [0.2, 0.25) is 10.0 Å². The van der Waals surface area contributed by atoms with Gasteiger partial charge in [0.2, 0.25) is 0 Å². The molecule has 0 fully saturated rings. The van der Waals surface area contributed by atoms with Crippen LogP contribution in [0.15, 0.2) is 55.1 Å². The molecule has 2 N–H and O–H groups in total. The van der Waals surface area contributed by atoms with Crippen molar-refractivity contribution in [1.82, 2.24) is 14.8 Å².